The highest BCUT2D eigenvalue weighted by Crippen LogP contribution is 2.19. The van der Waals surface area contributed by atoms with Crippen LogP contribution in [0.4, 0.5) is 16.2 Å². The van der Waals surface area contributed by atoms with Crippen molar-refractivity contribution in [3.63, 3.8) is 0 Å². The summed E-state index contributed by atoms with van der Waals surface area (Å²) in [6.07, 6.45) is 2.52. The van der Waals surface area contributed by atoms with E-state index in [1.165, 1.54) is 0 Å². The Labute approximate surface area is 156 Å². The second-order valence-corrected chi connectivity index (χ2v) is 6.50. The summed E-state index contributed by atoms with van der Waals surface area (Å²) >= 11 is 0. The Kier molecular flexibility index (Phi) is 5.71. The van der Waals surface area contributed by atoms with Gasteiger partial charge in [0, 0.05) is 29.4 Å². The molecule has 2 aromatic rings. The number of urea groups is 1. The fourth-order valence-electron chi connectivity index (χ4n) is 2.53. The first-order valence-electron chi connectivity index (χ1n) is 8.79. The molecule has 1 aliphatic carbocycles. The van der Waals surface area contributed by atoms with Crippen molar-refractivity contribution in [2.45, 2.75) is 31.7 Å². The third-order valence-corrected chi connectivity index (χ3v) is 4.13. The van der Waals surface area contributed by atoms with Crippen LogP contribution in [-0.2, 0) is 11.2 Å². The Hall–Kier alpha value is -3.35. The molecule has 3 amide bonds. The molecular formula is C20H21N3O4. The zero-order valence-electron chi connectivity index (χ0n) is 14.7. The van der Waals surface area contributed by atoms with Crippen LogP contribution in [0, 0.1) is 0 Å². The topological polar surface area (TPSA) is 108 Å². The van der Waals surface area contributed by atoms with E-state index in [-0.39, 0.29) is 24.4 Å². The number of amides is 3. The number of benzene rings is 2. The van der Waals surface area contributed by atoms with E-state index < -0.39 is 5.97 Å². The lowest BCUT2D eigenvalue weighted by molar-refractivity contribution is -0.136. The highest BCUT2D eigenvalue weighted by atomic mass is 16.4. The first-order valence-corrected chi connectivity index (χ1v) is 8.79. The molecule has 0 spiro atoms. The number of carbonyl (C=O) groups excluding carboxylic acids is 2. The summed E-state index contributed by atoms with van der Waals surface area (Å²) in [7, 11) is 0. The minimum Gasteiger partial charge on any atom is -0.481 e. The van der Waals surface area contributed by atoms with Crippen molar-refractivity contribution in [3.8, 4) is 0 Å². The number of hydrogen-bond donors (Lipinski definition) is 4. The van der Waals surface area contributed by atoms with Crippen molar-refractivity contribution >= 4 is 29.3 Å². The maximum Gasteiger partial charge on any atom is 0.319 e. The molecule has 4 N–H and O–H groups in total. The van der Waals surface area contributed by atoms with Crippen molar-refractivity contribution in [3.05, 3.63) is 59.7 Å². The van der Waals surface area contributed by atoms with Gasteiger partial charge in [0.1, 0.15) is 0 Å². The first kappa shape index (κ1) is 18.4. The second-order valence-electron chi connectivity index (χ2n) is 6.50. The Bertz CT molecular complexity index is 845. The summed E-state index contributed by atoms with van der Waals surface area (Å²) in [4.78, 5) is 34.8. The maximum absolute atomic E-state index is 12.4. The van der Waals surface area contributed by atoms with Crippen LogP contribution < -0.4 is 16.0 Å². The molecule has 0 aromatic heterocycles. The van der Waals surface area contributed by atoms with Gasteiger partial charge >= 0.3 is 12.0 Å². The van der Waals surface area contributed by atoms with Gasteiger partial charge in [0.2, 0.25) is 0 Å². The molecule has 27 heavy (non-hydrogen) atoms. The van der Waals surface area contributed by atoms with Crippen molar-refractivity contribution in [2.24, 2.45) is 0 Å². The van der Waals surface area contributed by atoms with Gasteiger partial charge in [-0.25, -0.2) is 4.79 Å². The van der Waals surface area contributed by atoms with Crippen LogP contribution in [0.15, 0.2) is 48.5 Å². The number of rotatable bonds is 7. The molecule has 7 nitrogen and oxygen atoms in total. The first-order chi connectivity index (χ1) is 13.0. The Morgan fingerprint density at radius 3 is 2.37 bits per heavy atom. The minimum atomic E-state index is -0.841. The van der Waals surface area contributed by atoms with Crippen LogP contribution in [0.1, 0.15) is 35.2 Å². The molecule has 0 atom stereocenters. The summed E-state index contributed by atoms with van der Waals surface area (Å²) < 4.78 is 0. The van der Waals surface area contributed by atoms with Crippen molar-refractivity contribution in [1.29, 1.82) is 0 Å². The molecule has 0 heterocycles. The summed E-state index contributed by atoms with van der Waals surface area (Å²) in [6, 6.07) is 13.8. The van der Waals surface area contributed by atoms with Gasteiger partial charge in [-0.1, -0.05) is 18.2 Å². The monoisotopic (exact) mass is 367 g/mol. The van der Waals surface area contributed by atoms with Gasteiger partial charge in [-0.05, 0) is 55.2 Å². The fraction of sp³-hybridized carbons (Fsp3) is 0.250. The molecule has 0 aliphatic heterocycles. The third kappa shape index (κ3) is 5.85. The number of carboxylic acids is 1. The molecule has 0 bridgehead atoms. The van der Waals surface area contributed by atoms with Crippen LogP contribution in [0.2, 0.25) is 0 Å². The molecule has 1 saturated carbocycles. The second kappa shape index (κ2) is 8.35. The Morgan fingerprint density at radius 2 is 1.70 bits per heavy atom. The molecule has 7 heteroatoms. The molecule has 140 valence electrons. The maximum atomic E-state index is 12.4. The third-order valence-electron chi connectivity index (χ3n) is 4.13. The van der Waals surface area contributed by atoms with Gasteiger partial charge < -0.3 is 21.1 Å². The van der Waals surface area contributed by atoms with Crippen LogP contribution in [0.25, 0.3) is 0 Å². The number of hydrogen-bond acceptors (Lipinski definition) is 3. The Morgan fingerprint density at radius 1 is 0.963 bits per heavy atom. The summed E-state index contributed by atoms with van der Waals surface area (Å²) in [5.74, 6) is -1.13. The zero-order valence-corrected chi connectivity index (χ0v) is 14.7. The largest absolute Gasteiger partial charge is 0.481 e. The van der Waals surface area contributed by atoms with Crippen LogP contribution in [0.5, 0.6) is 0 Å². The van der Waals surface area contributed by atoms with Gasteiger partial charge in [0.15, 0.2) is 0 Å². The standard InChI is InChI=1S/C20H21N3O4/c24-18(25)11-6-13-4-7-15(8-5-13)21-19(26)14-2-1-3-17(12-14)23-20(27)22-16-9-10-16/h1-5,7-8,12,16H,6,9-11H2,(H,21,26)(H,24,25)(H2,22,23,27). The lowest BCUT2D eigenvalue weighted by atomic mass is 10.1. The van der Waals surface area contributed by atoms with Gasteiger partial charge in [-0.3, -0.25) is 9.59 Å². The molecule has 1 aliphatic rings. The Balaban J connectivity index is 1.57. The molecule has 2 aromatic carbocycles. The number of carbonyl (C=O) groups is 3. The number of nitrogens with one attached hydrogen (secondary N) is 3. The summed E-state index contributed by atoms with van der Waals surface area (Å²) in [5.41, 5.74) is 2.48. The number of aryl methyl sites for hydroxylation is 1. The van der Waals surface area contributed by atoms with Crippen LogP contribution >= 0.6 is 0 Å². The predicted molar refractivity (Wildman–Crippen MR) is 102 cm³/mol. The average molecular weight is 367 g/mol. The van der Waals surface area contributed by atoms with E-state index in [4.69, 9.17) is 5.11 Å². The number of aliphatic carboxylic acids is 1. The van der Waals surface area contributed by atoms with Gasteiger partial charge in [-0.2, -0.15) is 0 Å². The molecule has 1 fully saturated rings. The quantitative estimate of drug-likeness (QED) is 0.602. The van der Waals surface area contributed by atoms with E-state index in [1.807, 2.05) is 0 Å². The number of carboxylic acid groups (broad SMARTS) is 1. The van der Waals surface area contributed by atoms with E-state index in [0.717, 1.165) is 18.4 Å². The molecule has 0 saturated heterocycles. The van der Waals surface area contributed by atoms with E-state index >= 15 is 0 Å². The van der Waals surface area contributed by atoms with Crippen LogP contribution in [0.3, 0.4) is 0 Å². The smallest absolute Gasteiger partial charge is 0.319 e. The fourth-order valence-corrected chi connectivity index (χ4v) is 2.53. The van der Waals surface area contributed by atoms with Crippen LogP contribution in [-0.4, -0.2) is 29.1 Å². The van der Waals surface area contributed by atoms with Gasteiger partial charge in [0.05, 0.1) is 0 Å². The van der Waals surface area contributed by atoms with Gasteiger partial charge in [0.25, 0.3) is 5.91 Å². The minimum absolute atomic E-state index is 0.0693. The lowest BCUT2D eigenvalue weighted by Crippen LogP contribution is -2.30. The normalized spacial score (nSPS) is 12.9. The van der Waals surface area contributed by atoms with E-state index in [2.05, 4.69) is 16.0 Å². The van der Waals surface area contributed by atoms with E-state index in [0.29, 0.717) is 23.4 Å². The SMILES string of the molecule is O=C(O)CCc1ccc(NC(=O)c2cccc(NC(=O)NC3CC3)c2)cc1. The van der Waals surface area contributed by atoms with E-state index in [9.17, 15) is 14.4 Å². The summed E-state index contributed by atoms with van der Waals surface area (Å²) in [5, 5.41) is 17.1. The molecular weight excluding hydrogens is 346 g/mol. The lowest BCUT2D eigenvalue weighted by Gasteiger charge is -2.09. The predicted octanol–water partition coefficient (Wildman–Crippen LogP) is 3.24. The molecule has 3 rings (SSSR count). The molecule has 0 radical (unpaired) electrons. The highest BCUT2D eigenvalue weighted by molar-refractivity contribution is 6.05. The van der Waals surface area contributed by atoms with Crippen molar-refractivity contribution < 1.29 is 19.5 Å². The summed E-state index contributed by atoms with van der Waals surface area (Å²) in [6.45, 7) is 0. The highest BCUT2D eigenvalue weighted by Gasteiger charge is 2.23. The number of anilines is 2. The molecule has 0 unspecified atom stereocenters. The van der Waals surface area contributed by atoms with Crippen molar-refractivity contribution in [1.82, 2.24) is 5.32 Å². The zero-order chi connectivity index (χ0) is 19.2. The van der Waals surface area contributed by atoms with Gasteiger partial charge in [-0.15, -0.1) is 0 Å². The van der Waals surface area contributed by atoms with Crippen molar-refractivity contribution in [2.75, 3.05) is 10.6 Å². The van der Waals surface area contributed by atoms with E-state index in [1.54, 1.807) is 48.5 Å². The average Bonchev–Trinajstić information content (AvgIpc) is 3.45.